The highest BCUT2D eigenvalue weighted by molar-refractivity contribution is 7.47. The summed E-state index contributed by atoms with van der Waals surface area (Å²) in [6, 6.07) is 0. The molecule has 0 aliphatic rings. The molecule has 0 saturated heterocycles. The third kappa shape index (κ3) is 49.0. The van der Waals surface area contributed by atoms with Crippen LogP contribution in [0, 0.1) is 0 Å². The van der Waals surface area contributed by atoms with E-state index in [-0.39, 0.29) is 12.8 Å². The molecule has 5 N–H and O–H groups in total. The Kier molecular flexibility index (Phi) is 45.9. The zero-order chi connectivity index (χ0) is 50.2. The summed E-state index contributed by atoms with van der Waals surface area (Å²) in [4.78, 5) is 43.8. The van der Waals surface area contributed by atoms with E-state index in [1.807, 2.05) is 0 Å². The highest BCUT2D eigenvalue weighted by Gasteiger charge is 2.28. The first-order valence-corrected chi connectivity index (χ1v) is 29.0. The molecule has 0 fully saturated rings. The highest BCUT2D eigenvalue weighted by atomic mass is 31.2. The molecule has 15 nitrogen and oxygen atoms in total. The molecule has 17 heteroatoms. The standard InChI is InChI=1S/C51H94O15P2/c1-3-5-7-9-11-13-15-17-19-21-22-24-26-28-30-32-34-36-38-40-51(56)62-42-48(53)44-64-68(59,60)66-46-49(54)45-65-67(57,58)63-43-47(52)41-61-50(55)39-37-35-33-31-29-27-25-23-20-18-16-14-12-10-8-6-4-2/h11,13,17-20,22,24,47-49,52-54H,3-10,12,14-16,21,23,25-46H2,1-2H3,(H,57,58)(H,59,60)/b13-11-,19-17-,20-18+,24-22-. The van der Waals surface area contributed by atoms with E-state index >= 15 is 0 Å². The van der Waals surface area contributed by atoms with Crippen LogP contribution in [0.1, 0.15) is 206 Å². The quantitative estimate of drug-likeness (QED) is 0.0165. The number of esters is 2. The fourth-order valence-corrected chi connectivity index (χ4v) is 8.28. The van der Waals surface area contributed by atoms with Crippen LogP contribution >= 0.6 is 15.6 Å². The summed E-state index contributed by atoms with van der Waals surface area (Å²) < 4.78 is 53.1. The lowest BCUT2D eigenvalue weighted by Crippen LogP contribution is -2.25. The van der Waals surface area contributed by atoms with Gasteiger partial charge in [-0.1, -0.05) is 165 Å². The summed E-state index contributed by atoms with van der Waals surface area (Å²) in [7, 11) is -9.58. The monoisotopic (exact) mass is 1010 g/mol. The van der Waals surface area contributed by atoms with Gasteiger partial charge in [-0.05, 0) is 77.0 Å². The fraction of sp³-hybridized carbons (Fsp3) is 0.804. The maximum Gasteiger partial charge on any atom is 0.472 e. The molecule has 0 aromatic rings. The number of aliphatic hydroxyl groups is 3. The van der Waals surface area contributed by atoms with Gasteiger partial charge in [0.15, 0.2) is 0 Å². The molecule has 0 saturated carbocycles. The second-order valence-electron chi connectivity index (χ2n) is 17.5. The Morgan fingerprint density at radius 2 is 0.632 bits per heavy atom. The summed E-state index contributed by atoms with van der Waals surface area (Å²) in [5.74, 6) is -1.01. The number of carbonyl (C=O) groups is 2. The van der Waals surface area contributed by atoms with E-state index in [4.69, 9.17) is 18.5 Å². The Bertz CT molecular complexity index is 1410. The number of aliphatic hydroxyl groups excluding tert-OH is 3. The first-order chi connectivity index (χ1) is 32.8. The number of phosphoric acid groups is 2. The predicted octanol–water partition coefficient (Wildman–Crippen LogP) is 12.4. The van der Waals surface area contributed by atoms with Crippen molar-refractivity contribution in [1.82, 2.24) is 0 Å². The lowest BCUT2D eigenvalue weighted by molar-refractivity contribution is -0.148. The van der Waals surface area contributed by atoms with Crippen LogP contribution in [0.4, 0.5) is 0 Å². The van der Waals surface area contributed by atoms with Gasteiger partial charge in [-0.15, -0.1) is 0 Å². The second-order valence-corrected chi connectivity index (χ2v) is 20.4. The molecule has 0 spiro atoms. The van der Waals surface area contributed by atoms with E-state index < -0.39 is 85.5 Å². The second kappa shape index (κ2) is 47.3. The van der Waals surface area contributed by atoms with E-state index in [2.05, 4.69) is 71.5 Å². The van der Waals surface area contributed by atoms with Crippen LogP contribution in [0.3, 0.4) is 0 Å². The minimum Gasteiger partial charge on any atom is -0.463 e. The molecule has 0 aliphatic carbocycles. The molecule has 398 valence electrons. The maximum atomic E-state index is 12.2. The summed E-state index contributed by atoms with van der Waals surface area (Å²) in [6.45, 7) is 0.387. The molecular weight excluding hydrogens is 914 g/mol. The van der Waals surface area contributed by atoms with E-state index in [0.29, 0.717) is 12.8 Å². The molecule has 0 bridgehead atoms. The Balaban J connectivity index is 3.88. The van der Waals surface area contributed by atoms with Crippen LogP contribution in [-0.4, -0.2) is 95.0 Å². The number of hydrogen-bond acceptors (Lipinski definition) is 13. The Morgan fingerprint density at radius 1 is 0.382 bits per heavy atom. The van der Waals surface area contributed by atoms with Crippen molar-refractivity contribution in [1.29, 1.82) is 0 Å². The SMILES string of the molecule is CCCCC/C=C\C/C=C\C/C=C\CCCCCCCCC(=O)OCC(O)COP(=O)(O)OCC(O)COP(=O)(O)OCC(O)COC(=O)CCCCCCCCC/C=C/CCCCCCCC. The lowest BCUT2D eigenvalue weighted by atomic mass is 10.1. The Morgan fingerprint density at radius 3 is 0.985 bits per heavy atom. The van der Waals surface area contributed by atoms with Crippen LogP contribution in [0.5, 0.6) is 0 Å². The number of carbonyl (C=O) groups excluding carboxylic acids is 2. The van der Waals surface area contributed by atoms with E-state index in [1.54, 1.807) is 0 Å². The van der Waals surface area contributed by atoms with Gasteiger partial charge in [-0.25, -0.2) is 9.13 Å². The molecule has 5 unspecified atom stereocenters. The normalized spacial score (nSPS) is 15.3. The van der Waals surface area contributed by atoms with Crippen molar-refractivity contribution in [3.63, 3.8) is 0 Å². The summed E-state index contributed by atoms with van der Waals surface area (Å²) in [5, 5.41) is 30.1. The smallest absolute Gasteiger partial charge is 0.463 e. The molecular formula is C51H94O15P2. The first kappa shape index (κ1) is 66.0. The molecule has 0 heterocycles. The molecule has 0 radical (unpaired) electrons. The van der Waals surface area contributed by atoms with Crippen molar-refractivity contribution in [2.75, 3.05) is 39.6 Å². The Labute approximate surface area is 410 Å². The highest BCUT2D eigenvalue weighted by Crippen LogP contribution is 2.45. The van der Waals surface area contributed by atoms with Gasteiger partial charge in [0.1, 0.15) is 31.5 Å². The summed E-state index contributed by atoms with van der Waals surface area (Å²) >= 11 is 0. The largest absolute Gasteiger partial charge is 0.472 e. The number of allylic oxidation sites excluding steroid dienone is 8. The van der Waals surface area contributed by atoms with Crippen molar-refractivity contribution < 1.29 is 71.4 Å². The molecule has 68 heavy (non-hydrogen) atoms. The minimum atomic E-state index is -4.79. The lowest BCUT2D eigenvalue weighted by Gasteiger charge is -2.19. The topological polar surface area (TPSA) is 225 Å². The summed E-state index contributed by atoms with van der Waals surface area (Å²) in [6.07, 6.45) is 45.2. The Hall–Kier alpha value is -2.00. The van der Waals surface area contributed by atoms with E-state index in [1.165, 1.54) is 83.5 Å². The van der Waals surface area contributed by atoms with Crippen molar-refractivity contribution in [2.45, 2.75) is 225 Å². The molecule has 0 aliphatic heterocycles. The van der Waals surface area contributed by atoms with Crippen LogP contribution in [0.15, 0.2) is 48.6 Å². The van der Waals surface area contributed by atoms with Crippen molar-refractivity contribution >= 4 is 27.6 Å². The molecule has 0 aromatic carbocycles. The average Bonchev–Trinajstić information content (AvgIpc) is 3.31. The fourth-order valence-electron chi connectivity index (χ4n) is 6.68. The van der Waals surface area contributed by atoms with Gasteiger partial charge >= 0.3 is 27.6 Å². The molecule has 0 aromatic heterocycles. The average molecular weight is 1010 g/mol. The first-order valence-electron chi connectivity index (χ1n) is 26.0. The van der Waals surface area contributed by atoms with Crippen LogP contribution < -0.4 is 0 Å². The minimum absolute atomic E-state index is 0.181. The molecule has 5 atom stereocenters. The maximum absolute atomic E-state index is 12.2. The third-order valence-corrected chi connectivity index (χ3v) is 12.7. The van der Waals surface area contributed by atoms with Crippen molar-refractivity contribution in [2.24, 2.45) is 0 Å². The van der Waals surface area contributed by atoms with Crippen molar-refractivity contribution in [3.05, 3.63) is 48.6 Å². The third-order valence-electron chi connectivity index (χ3n) is 10.8. The number of hydrogen-bond donors (Lipinski definition) is 5. The van der Waals surface area contributed by atoms with Gasteiger partial charge in [0.2, 0.25) is 0 Å². The van der Waals surface area contributed by atoms with Crippen LogP contribution in [0.2, 0.25) is 0 Å². The molecule has 0 rings (SSSR count). The zero-order valence-electron chi connectivity index (χ0n) is 42.0. The van der Waals surface area contributed by atoms with E-state index in [0.717, 1.165) is 83.5 Å². The van der Waals surface area contributed by atoms with Gasteiger partial charge in [0.25, 0.3) is 0 Å². The zero-order valence-corrected chi connectivity index (χ0v) is 43.8. The van der Waals surface area contributed by atoms with Gasteiger partial charge < -0.3 is 34.6 Å². The predicted molar refractivity (Wildman–Crippen MR) is 270 cm³/mol. The van der Waals surface area contributed by atoms with Gasteiger partial charge in [-0.3, -0.25) is 27.7 Å². The number of ether oxygens (including phenoxy) is 2. The van der Waals surface area contributed by atoms with Gasteiger partial charge in [-0.2, -0.15) is 0 Å². The van der Waals surface area contributed by atoms with Crippen molar-refractivity contribution in [3.8, 4) is 0 Å². The van der Waals surface area contributed by atoms with E-state index in [9.17, 15) is 43.8 Å². The van der Waals surface area contributed by atoms with Crippen LogP contribution in [0.25, 0.3) is 0 Å². The van der Waals surface area contributed by atoms with Crippen LogP contribution in [-0.2, 0) is 46.3 Å². The summed E-state index contributed by atoms with van der Waals surface area (Å²) in [5.41, 5.74) is 0. The number of rotatable bonds is 50. The van der Waals surface area contributed by atoms with Gasteiger partial charge in [0, 0.05) is 12.8 Å². The number of phosphoric ester groups is 2. The van der Waals surface area contributed by atoms with Gasteiger partial charge in [0.05, 0.1) is 26.4 Å². The molecule has 0 amide bonds. The number of unbranched alkanes of at least 4 members (excludes halogenated alkanes) is 22.